The molecule has 1 aliphatic heterocycles. The minimum atomic E-state index is -1.79. The normalized spacial score (nSPS) is 17.8. The average molecular weight is 982 g/mol. The summed E-state index contributed by atoms with van der Waals surface area (Å²) in [6.45, 7) is 9.89. The van der Waals surface area contributed by atoms with Crippen molar-refractivity contribution in [3.05, 3.63) is 65.7 Å². The SMILES string of the molecule is CCCCCC(=O)N[C@@H](CC(=O)O)C(=O)N[C@H](C(=O)N[C@@H](Cc1ccc(O)cc1)C(=O)N[C@H]1CC[C@@H](O)N([C@@H](CC(C)C)C(=O)N(C)[C@@H](Cc2ccccc2)C(=O)N[C@H](C(=O)O)C(C)C)C1=O)[C@@H](C)O. The highest BCUT2D eigenvalue weighted by Crippen LogP contribution is 2.26. The van der Waals surface area contributed by atoms with Crippen LogP contribution in [0.3, 0.4) is 0 Å². The van der Waals surface area contributed by atoms with Crippen LogP contribution in [0.2, 0.25) is 0 Å². The number of carboxylic acid groups (broad SMARTS) is 2. The molecule has 21 heteroatoms. The van der Waals surface area contributed by atoms with Crippen molar-refractivity contribution in [3.63, 3.8) is 0 Å². The topological polar surface area (TPSA) is 321 Å². The summed E-state index contributed by atoms with van der Waals surface area (Å²) in [4.78, 5) is 123. The second-order valence-corrected chi connectivity index (χ2v) is 18.6. The molecule has 1 saturated heterocycles. The number of nitrogens with one attached hydrogen (secondary N) is 5. The Hall–Kier alpha value is -6.61. The third-order valence-corrected chi connectivity index (χ3v) is 11.9. The molecule has 0 aliphatic carbocycles. The van der Waals surface area contributed by atoms with Crippen molar-refractivity contribution < 1.29 is 68.7 Å². The van der Waals surface area contributed by atoms with Crippen LogP contribution in [0.4, 0.5) is 0 Å². The predicted molar refractivity (Wildman–Crippen MR) is 254 cm³/mol. The number of carboxylic acids is 2. The molecule has 2 aromatic rings. The van der Waals surface area contributed by atoms with Gasteiger partial charge in [-0.15, -0.1) is 0 Å². The van der Waals surface area contributed by atoms with Gasteiger partial charge in [0.2, 0.25) is 41.4 Å². The third kappa shape index (κ3) is 17.4. The number of phenols is 1. The fourth-order valence-corrected chi connectivity index (χ4v) is 8.03. The number of aliphatic carboxylic acids is 2. The number of aliphatic hydroxyl groups is 2. The second-order valence-electron chi connectivity index (χ2n) is 18.6. The van der Waals surface area contributed by atoms with Crippen molar-refractivity contribution in [1.29, 1.82) is 0 Å². The van der Waals surface area contributed by atoms with Crippen molar-refractivity contribution in [3.8, 4) is 5.75 Å². The summed E-state index contributed by atoms with van der Waals surface area (Å²) in [5.41, 5.74) is 1.06. The molecule has 0 saturated carbocycles. The zero-order valence-corrected chi connectivity index (χ0v) is 40.9. The number of piperidine rings is 1. The molecule has 0 unspecified atom stereocenters. The number of carbonyl (C=O) groups excluding carboxylic acids is 7. The van der Waals surface area contributed by atoms with Crippen LogP contribution >= 0.6 is 0 Å². The lowest BCUT2D eigenvalue weighted by molar-refractivity contribution is -0.166. The zero-order chi connectivity index (χ0) is 52.4. The molecule has 9 atom stereocenters. The second kappa shape index (κ2) is 27.5. The minimum Gasteiger partial charge on any atom is -0.508 e. The molecule has 386 valence electrons. The summed E-state index contributed by atoms with van der Waals surface area (Å²) in [6, 6.07) is 4.05. The highest BCUT2D eigenvalue weighted by Gasteiger charge is 2.45. The number of aromatic hydroxyl groups is 1. The summed E-state index contributed by atoms with van der Waals surface area (Å²) >= 11 is 0. The van der Waals surface area contributed by atoms with Gasteiger partial charge in [-0.3, -0.25) is 38.4 Å². The number of likely N-dealkylation sites (N-methyl/N-ethyl adjacent to an activating group) is 1. The smallest absolute Gasteiger partial charge is 0.326 e. The van der Waals surface area contributed by atoms with Gasteiger partial charge in [-0.2, -0.15) is 0 Å². The van der Waals surface area contributed by atoms with Crippen molar-refractivity contribution >= 4 is 53.3 Å². The van der Waals surface area contributed by atoms with E-state index in [2.05, 4.69) is 26.6 Å². The summed E-state index contributed by atoms with van der Waals surface area (Å²) in [5, 5.41) is 63.7. The van der Waals surface area contributed by atoms with Gasteiger partial charge in [-0.25, -0.2) is 4.79 Å². The molecule has 0 spiro atoms. The van der Waals surface area contributed by atoms with Crippen molar-refractivity contribution in [2.45, 2.75) is 160 Å². The summed E-state index contributed by atoms with van der Waals surface area (Å²) in [5.74, 6) is -9.67. The Kier molecular flexibility index (Phi) is 22.7. The number of unbranched alkanes of at least 4 members (excludes halogenated alkanes) is 2. The number of rotatable bonds is 27. The van der Waals surface area contributed by atoms with Gasteiger partial charge in [0.05, 0.1) is 12.5 Å². The van der Waals surface area contributed by atoms with E-state index in [0.29, 0.717) is 24.0 Å². The van der Waals surface area contributed by atoms with E-state index in [0.717, 1.165) is 23.1 Å². The largest absolute Gasteiger partial charge is 0.508 e. The van der Waals surface area contributed by atoms with Crippen LogP contribution in [0.15, 0.2) is 54.6 Å². The van der Waals surface area contributed by atoms with Crippen molar-refractivity contribution in [2.24, 2.45) is 11.8 Å². The van der Waals surface area contributed by atoms with E-state index in [1.807, 2.05) is 6.92 Å². The van der Waals surface area contributed by atoms with E-state index in [1.165, 1.54) is 31.3 Å². The van der Waals surface area contributed by atoms with Crippen molar-refractivity contribution in [1.82, 2.24) is 36.4 Å². The third-order valence-electron chi connectivity index (χ3n) is 11.9. The molecule has 1 heterocycles. The first-order valence-electron chi connectivity index (χ1n) is 23.7. The lowest BCUT2D eigenvalue weighted by Crippen LogP contribution is -2.65. The first-order chi connectivity index (χ1) is 32.9. The maximum Gasteiger partial charge on any atom is 0.326 e. The predicted octanol–water partition coefficient (Wildman–Crippen LogP) is 0.960. The van der Waals surface area contributed by atoms with Crippen molar-refractivity contribution in [2.75, 3.05) is 7.05 Å². The molecule has 1 fully saturated rings. The van der Waals surface area contributed by atoms with Gasteiger partial charge in [0, 0.05) is 26.3 Å². The highest BCUT2D eigenvalue weighted by atomic mass is 16.4. The van der Waals surface area contributed by atoms with E-state index < -0.39 is 120 Å². The number of hydrogen-bond acceptors (Lipinski definition) is 12. The van der Waals surface area contributed by atoms with E-state index in [4.69, 9.17) is 0 Å². The molecule has 0 bridgehead atoms. The summed E-state index contributed by atoms with van der Waals surface area (Å²) < 4.78 is 0. The number of likely N-dealkylation sites (tertiary alicyclic amines) is 1. The van der Waals surface area contributed by atoms with Gasteiger partial charge >= 0.3 is 11.9 Å². The molecule has 2 aromatic carbocycles. The molecular weight excluding hydrogens is 911 g/mol. The minimum absolute atomic E-state index is 0.00208. The maximum absolute atomic E-state index is 14.7. The zero-order valence-electron chi connectivity index (χ0n) is 40.9. The molecule has 10 N–H and O–H groups in total. The lowest BCUT2D eigenvalue weighted by Gasteiger charge is -2.43. The van der Waals surface area contributed by atoms with Gasteiger partial charge < -0.3 is 61.9 Å². The molecule has 3 rings (SSSR count). The van der Waals surface area contributed by atoms with Crippen LogP contribution in [0.5, 0.6) is 5.75 Å². The molecule has 0 radical (unpaired) electrons. The lowest BCUT2D eigenvalue weighted by atomic mass is 9.94. The molecule has 1 aliphatic rings. The molecular formula is C49H71N7O14. The van der Waals surface area contributed by atoms with Crippen LogP contribution in [0, 0.1) is 11.8 Å². The Bertz CT molecular complexity index is 2120. The number of nitrogens with zero attached hydrogens (tertiary/aromatic N) is 2. The Morgan fingerprint density at radius 1 is 0.743 bits per heavy atom. The number of hydrogen-bond donors (Lipinski definition) is 10. The summed E-state index contributed by atoms with van der Waals surface area (Å²) in [7, 11) is 1.35. The van der Waals surface area contributed by atoms with E-state index in [9.17, 15) is 68.7 Å². The maximum atomic E-state index is 14.7. The van der Waals surface area contributed by atoms with Gasteiger partial charge in [-0.05, 0) is 67.7 Å². The molecule has 7 amide bonds. The number of phenolic OH excluding ortho intramolecular Hbond substituents is 1. The quantitative estimate of drug-likeness (QED) is 0.0558. The number of aliphatic hydroxyl groups excluding tert-OH is 2. The highest BCUT2D eigenvalue weighted by molar-refractivity contribution is 5.98. The number of amides is 7. The van der Waals surface area contributed by atoms with Gasteiger partial charge in [-0.1, -0.05) is 89.9 Å². The van der Waals surface area contributed by atoms with E-state index in [1.54, 1.807) is 58.0 Å². The Morgan fingerprint density at radius 2 is 1.36 bits per heavy atom. The van der Waals surface area contributed by atoms with Crippen LogP contribution in [-0.2, 0) is 56.0 Å². The Morgan fingerprint density at radius 3 is 1.91 bits per heavy atom. The van der Waals surface area contributed by atoms with E-state index in [-0.39, 0.29) is 50.2 Å². The first-order valence-corrected chi connectivity index (χ1v) is 23.7. The molecule has 70 heavy (non-hydrogen) atoms. The van der Waals surface area contributed by atoms with Crippen LogP contribution in [0.25, 0.3) is 0 Å². The monoisotopic (exact) mass is 982 g/mol. The summed E-state index contributed by atoms with van der Waals surface area (Å²) in [6.07, 6.45) is -2.51. The van der Waals surface area contributed by atoms with Crippen LogP contribution in [0.1, 0.15) is 104 Å². The fraction of sp³-hybridized carbons (Fsp3) is 0.571. The Labute approximate surface area is 408 Å². The van der Waals surface area contributed by atoms with E-state index >= 15 is 0 Å². The first kappa shape index (κ1) is 57.7. The standard InChI is InChI=1S/C49H71N7O14/c1-8-9-11-16-38(59)50-35(26-40(61)62)44(64)54-42(29(6)57)46(66)52-34(24-31-17-19-32(58)20-18-31)43(63)51-33-21-22-39(60)56(47(33)67)37(23-27(2)3)48(68)55(7)36(25-30-14-12-10-13-15-30)45(65)53-41(28(4)5)49(69)70/h10,12-15,17-20,27-29,33-37,39,41-42,57-58,60H,8-9,11,16,21-26H2,1-7H3,(H,50,59)(H,51,63)(H,52,66)(H,53,65)(H,54,64)(H,61,62)(H,69,70)/t29-,33+,34+,35+,36+,37+,39-,41+,42+/m1/s1. The Balaban J connectivity index is 1.95. The molecule has 21 nitrogen and oxygen atoms in total. The van der Waals surface area contributed by atoms with Gasteiger partial charge in [0.1, 0.15) is 54.3 Å². The number of carbonyl (C=O) groups is 9. The fourth-order valence-electron chi connectivity index (χ4n) is 8.03. The molecule has 0 aromatic heterocycles. The van der Waals surface area contributed by atoms with Gasteiger partial charge in [0.25, 0.3) is 0 Å². The number of benzene rings is 2. The van der Waals surface area contributed by atoms with Gasteiger partial charge in [0.15, 0.2) is 0 Å². The van der Waals surface area contributed by atoms with Crippen LogP contribution < -0.4 is 26.6 Å². The average Bonchev–Trinajstić information content (AvgIpc) is 3.29. The van der Waals surface area contributed by atoms with Crippen LogP contribution in [-0.4, -0.2) is 150 Å².